The van der Waals surface area contributed by atoms with Crippen molar-refractivity contribution in [3.63, 3.8) is 0 Å². The molecule has 1 aromatic carbocycles. The van der Waals surface area contributed by atoms with Crippen molar-refractivity contribution in [3.8, 4) is 6.07 Å². The molecule has 3 rings (SSSR count). The Morgan fingerprint density at radius 1 is 1.38 bits per heavy atom. The molecule has 0 aliphatic rings. The van der Waals surface area contributed by atoms with E-state index in [1.54, 1.807) is 12.1 Å². The highest BCUT2D eigenvalue weighted by Crippen LogP contribution is 2.25. The highest BCUT2D eigenvalue weighted by atomic mass is 19.1. The first-order valence-electron chi connectivity index (χ1n) is 7.58. The van der Waals surface area contributed by atoms with Crippen LogP contribution in [0, 0.1) is 17.3 Å². The third-order valence-corrected chi connectivity index (χ3v) is 3.71. The van der Waals surface area contributed by atoms with Gasteiger partial charge in [-0.1, -0.05) is 6.92 Å². The minimum absolute atomic E-state index is 0.187. The van der Waals surface area contributed by atoms with Gasteiger partial charge >= 0.3 is 0 Å². The zero-order valence-electron chi connectivity index (χ0n) is 13.1. The van der Waals surface area contributed by atoms with E-state index >= 15 is 0 Å². The number of nitrogens with zero attached hydrogens (tertiary/aromatic N) is 3. The lowest BCUT2D eigenvalue weighted by Gasteiger charge is -2.07. The van der Waals surface area contributed by atoms with Crippen LogP contribution in [0.15, 0.2) is 42.7 Å². The Morgan fingerprint density at radius 3 is 2.92 bits per heavy atom. The zero-order chi connectivity index (χ0) is 17.1. The molecule has 0 aliphatic heterocycles. The van der Waals surface area contributed by atoms with E-state index in [0.29, 0.717) is 11.3 Å². The van der Waals surface area contributed by atoms with Gasteiger partial charge in [0.15, 0.2) is 0 Å². The van der Waals surface area contributed by atoms with Gasteiger partial charge in [-0.3, -0.25) is 4.79 Å². The van der Waals surface area contributed by atoms with Crippen molar-refractivity contribution in [3.05, 3.63) is 59.8 Å². The van der Waals surface area contributed by atoms with Crippen molar-refractivity contribution >= 4 is 22.5 Å². The molecule has 0 atom stereocenters. The Bertz CT molecular complexity index is 955. The number of aryl methyl sites for hydroxylation is 1. The molecule has 0 spiro atoms. The third-order valence-electron chi connectivity index (χ3n) is 3.71. The fourth-order valence-electron chi connectivity index (χ4n) is 2.64. The molecule has 0 aliphatic carbocycles. The first-order chi connectivity index (χ1) is 11.6. The molecule has 1 amide bonds. The van der Waals surface area contributed by atoms with Crippen molar-refractivity contribution in [2.24, 2.45) is 0 Å². The van der Waals surface area contributed by atoms with Crippen molar-refractivity contribution in [2.45, 2.75) is 19.9 Å². The molecule has 24 heavy (non-hydrogen) atoms. The van der Waals surface area contributed by atoms with Crippen molar-refractivity contribution in [1.29, 1.82) is 5.26 Å². The van der Waals surface area contributed by atoms with Crippen LogP contribution >= 0.6 is 0 Å². The molecule has 3 aromatic rings. The molecule has 5 nitrogen and oxygen atoms in total. The average Bonchev–Trinajstić information content (AvgIpc) is 2.92. The molecule has 120 valence electrons. The van der Waals surface area contributed by atoms with Crippen LogP contribution in [0.25, 0.3) is 10.9 Å². The standard InChI is InChI=1S/C18H15FN4O/c1-2-7-23-11-13(10-20)15-9-14(3-4-16(15)23)22-18(24)12-5-6-21-17(19)8-12/h3-6,8-9,11H,2,7H2,1H3,(H,22,24). The number of benzene rings is 1. The molecule has 2 heterocycles. The largest absolute Gasteiger partial charge is 0.346 e. The number of anilines is 1. The van der Waals surface area contributed by atoms with Gasteiger partial charge in [-0.25, -0.2) is 4.98 Å². The monoisotopic (exact) mass is 322 g/mol. The molecule has 2 aromatic heterocycles. The smallest absolute Gasteiger partial charge is 0.255 e. The summed E-state index contributed by atoms with van der Waals surface area (Å²) in [5.41, 5.74) is 2.24. The second kappa shape index (κ2) is 6.50. The van der Waals surface area contributed by atoms with Crippen LogP contribution in [0.5, 0.6) is 0 Å². The molecule has 0 bridgehead atoms. The Kier molecular flexibility index (Phi) is 4.25. The van der Waals surface area contributed by atoms with Gasteiger partial charge in [0.05, 0.1) is 5.56 Å². The molecule has 0 saturated heterocycles. The number of halogens is 1. The van der Waals surface area contributed by atoms with Crippen LogP contribution in [-0.2, 0) is 6.54 Å². The van der Waals surface area contributed by atoms with E-state index in [2.05, 4.69) is 23.3 Å². The number of rotatable bonds is 4. The molecule has 0 fully saturated rings. The molecule has 6 heteroatoms. The van der Waals surface area contributed by atoms with Crippen LogP contribution in [-0.4, -0.2) is 15.5 Å². The maximum atomic E-state index is 13.1. The highest BCUT2D eigenvalue weighted by molar-refractivity contribution is 6.05. The van der Waals surface area contributed by atoms with Crippen LogP contribution < -0.4 is 5.32 Å². The van der Waals surface area contributed by atoms with Crippen LogP contribution in [0.2, 0.25) is 0 Å². The van der Waals surface area contributed by atoms with Gasteiger partial charge in [0.1, 0.15) is 6.07 Å². The third kappa shape index (κ3) is 2.97. The fourth-order valence-corrected chi connectivity index (χ4v) is 2.64. The van der Waals surface area contributed by atoms with E-state index in [-0.39, 0.29) is 5.56 Å². The normalized spacial score (nSPS) is 10.5. The quantitative estimate of drug-likeness (QED) is 0.744. The van der Waals surface area contributed by atoms with Gasteiger partial charge in [-0.15, -0.1) is 0 Å². The first-order valence-corrected chi connectivity index (χ1v) is 7.58. The van der Waals surface area contributed by atoms with Crippen molar-refractivity contribution in [1.82, 2.24) is 9.55 Å². The maximum absolute atomic E-state index is 13.1. The van der Waals surface area contributed by atoms with Gasteiger partial charge in [0.25, 0.3) is 5.91 Å². The van der Waals surface area contributed by atoms with Crippen LogP contribution in [0.1, 0.15) is 29.3 Å². The van der Waals surface area contributed by atoms with Gasteiger partial charge in [0.2, 0.25) is 5.95 Å². The summed E-state index contributed by atoms with van der Waals surface area (Å²) in [7, 11) is 0. The minimum Gasteiger partial charge on any atom is -0.346 e. The maximum Gasteiger partial charge on any atom is 0.255 e. The minimum atomic E-state index is -0.707. The molecule has 0 saturated carbocycles. The predicted molar refractivity (Wildman–Crippen MR) is 89.1 cm³/mol. The SMILES string of the molecule is CCCn1cc(C#N)c2cc(NC(=O)c3ccnc(F)c3)ccc21. The number of fused-ring (bicyclic) bond motifs is 1. The number of amides is 1. The summed E-state index contributed by atoms with van der Waals surface area (Å²) >= 11 is 0. The fraction of sp³-hybridized carbons (Fsp3) is 0.167. The second-order valence-corrected chi connectivity index (χ2v) is 5.40. The van der Waals surface area contributed by atoms with E-state index in [1.165, 1.54) is 12.3 Å². The van der Waals surface area contributed by atoms with Crippen LogP contribution in [0.3, 0.4) is 0 Å². The second-order valence-electron chi connectivity index (χ2n) is 5.40. The Labute approximate surface area is 138 Å². The number of pyridine rings is 1. The molecule has 0 radical (unpaired) electrons. The van der Waals surface area contributed by atoms with Crippen molar-refractivity contribution < 1.29 is 9.18 Å². The van der Waals surface area contributed by atoms with E-state index in [1.807, 2.05) is 16.8 Å². The summed E-state index contributed by atoms with van der Waals surface area (Å²) in [4.78, 5) is 15.6. The average molecular weight is 322 g/mol. The number of hydrogen-bond donors (Lipinski definition) is 1. The Morgan fingerprint density at radius 2 is 2.21 bits per heavy atom. The highest BCUT2D eigenvalue weighted by Gasteiger charge is 2.11. The first kappa shape index (κ1) is 15.7. The topological polar surface area (TPSA) is 70.7 Å². The number of nitriles is 1. The summed E-state index contributed by atoms with van der Waals surface area (Å²) in [6, 6.07) is 10.1. The van der Waals surface area contributed by atoms with Gasteiger partial charge < -0.3 is 9.88 Å². The van der Waals surface area contributed by atoms with Gasteiger partial charge in [-0.2, -0.15) is 9.65 Å². The van der Waals surface area contributed by atoms with Crippen molar-refractivity contribution in [2.75, 3.05) is 5.32 Å². The predicted octanol–water partition coefficient (Wildman–Crippen LogP) is 3.71. The summed E-state index contributed by atoms with van der Waals surface area (Å²) in [5, 5.41) is 12.8. The summed E-state index contributed by atoms with van der Waals surface area (Å²) in [5.74, 6) is -1.14. The van der Waals surface area contributed by atoms with E-state index in [0.717, 1.165) is 29.9 Å². The lowest BCUT2D eigenvalue weighted by molar-refractivity contribution is 0.102. The lowest BCUT2D eigenvalue weighted by atomic mass is 10.1. The Hall–Kier alpha value is -3.20. The van der Waals surface area contributed by atoms with E-state index in [9.17, 15) is 14.4 Å². The molecule has 0 unspecified atom stereocenters. The number of nitrogens with one attached hydrogen (secondary N) is 1. The van der Waals surface area contributed by atoms with Crippen LogP contribution in [0.4, 0.5) is 10.1 Å². The Balaban J connectivity index is 1.93. The number of carbonyl (C=O) groups is 1. The van der Waals surface area contributed by atoms with Gasteiger partial charge in [-0.05, 0) is 30.7 Å². The van der Waals surface area contributed by atoms with E-state index < -0.39 is 11.9 Å². The molecular formula is C18H15FN4O. The summed E-state index contributed by atoms with van der Waals surface area (Å²) in [6.07, 6.45) is 4.02. The molecule has 1 N–H and O–H groups in total. The zero-order valence-corrected chi connectivity index (χ0v) is 13.1. The molecular weight excluding hydrogens is 307 g/mol. The number of aromatic nitrogens is 2. The van der Waals surface area contributed by atoms with Gasteiger partial charge in [0, 0.05) is 47.2 Å². The van der Waals surface area contributed by atoms with E-state index in [4.69, 9.17) is 0 Å². The summed E-state index contributed by atoms with van der Waals surface area (Å²) < 4.78 is 15.1. The number of carbonyl (C=O) groups excluding carboxylic acids is 1. The summed E-state index contributed by atoms with van der Waals surface area (Å²) in [6.45, 7) is 2.89. The lowest BCUT2D eigenvalue weighted by Crippen LogP contribution is -2.12. The number of hydrogen-bond acceptors (Lipinski definition) is 3.